The summed E-state index contributed by atoms with van der Waals surface area (Å²) in [5.41, 5.74) is 7.30. The Morgan fingerprint density at radius 1 is 1.61 bits per heavy atom. The summed E-state index contributed by atoms with van der Waals surface area (Å²) < 4.78 is 5.18. The van der Waals surface area contributed by atoms with E-state index in [4.69, 9.17) is 10.3 Å². The van der Waals surface area contributed by atoms with Crippen LogP contribution in [0.2, 0.25) is 0 Å². The summed E-state index contributed by atoms with van der Waals surface area (Å²) in [5.74, 6) is 1.05. The first kappa shape index (κ1) is 13.1. The van der Waals surface area contributed by atoms with Crippen LogP contribution in [0.5, 0.6) is 0 Å². The summed E-state index contributed by atoms with van der Waals surface area (Å²) >= 11 is 0. The smallest absolute Gasteiger partial charge is 0.259 e. The Balaban J connectivity index is 2.18. The third kappa shape index (κ3) is 2.27. The SMILES string of the molecule is CCc1onc(C)c1C(=O)N1CCC(N)C(C)C1. The van der Waals surface area contributed by atoms with Crippen molar-refractivity contribution < 1.29 is 9.32 Å². The van der Waals surface area contributed by atoms with Gasteiger partial charge in [-0.1, -0.05) is 19.0 Å². The fourth-order valence-corrected chi connectivity index (χ4v) is 2.44. The lowest BCUT2D eigenvalue weighted by molar-refractivity contribution is 0.0661. The zero-order chi connectivity index (χ0) is 13.3. The van der Waals surface area contributed by atoms with Crippen LogP contribution in [0, 0.1) is 12.8 Å². The molecule has 1 aliphatic rings. The van der Waals surface area contributed by atoms with Crippen LogP contribution in [0.15, 0.2) is 4.52 Å². The van der Waals surface area contributed by atoms with E-state index in [-0.39, 0.29) is 11.9 Å². The maximum atomic E-state index is 12.5. The van der Waals surface area contributed by atoms with Crippen LogP contribution in [-0.2, 0) is 6.42 Å². The van der Waals surface area contributed by atoms with Crippen LogP contribution in [-0.4, -0.2) is 35.1 Å². The number of piperidine rings is 1. The number of aromatic nitrogens is 1. The average Bonchev–Trinajstić information content (AvgIpc) is 2.73. The number of hydrogen-bond acceptors (Lipinski definition) is 4. The minimum absolute atomic E-state index is 0.0318. The highest BCUT2D eigenvalue weighted by atomic mass is 16.5. The second-order valence-electron chi connectivity index (χ2n) is 5.10. The van der Waals surface area contributed by atoms with Crippen molar-refractivity contribution >= 4 is 5.91 Å². The van der Waals surface area contributed by atoms with Gasteiger partial charge in [0, 0.05) is 25.6 Å². The van der Waals surface area contributed by atoms with E-state index >= 15 is 0 Å². The van der Waals surface area contributed by atoms with E-state index in [0.29, 0.717) is 35.9 Å². The molecule has 0 aromatic carbocycles. The summed E-state index contributed by atoms with van der Waals surface area (Å²) in [6.45, 7) is 7.30. The van der Waals surface area contributed by atoms with Gasteiger partial charge in [-0.2, -0.15) is 0 Å². The van der Waals surface area contributed by atoms with Gasteiger partial charge in [-0.15, -0.1) is 0 Å². The molecule has 2 N–H and O–H groups in total. The van der Waals surface area contributed by atoms with Gasteiger partial charge in [-0.05, 0) is 19.3 Å². The number of hydrogen-bond donors (Lipinski definition) is 1. The molecule has 1 saturated heterocycles. The standard InChI is InChI=1S/C13H21N3O2/c1-4-11-12(9(3)15-18-11)13(17)16-6-5-10(14)8(2)7-16/h8,10H,4-7,14H2,1-3H3. The number of likely N-dealkylation sites (tertiary alicyclic amines) is 1. The molecule has 1 amide bonds. The number of aryl methyl sites for hydroxylation is 2. The van der Waals surface area contributed by atoms with Crippen molar-refractivity contribution in [2.24, 2.45) is 11.7 Å². The van der Waals surface area contributed by atoms with Crippen LogP contribution in [0.25, 0.3) is 0 Å². The van der Waals surface area contributed by atoms with Crippen molar-refractivity contribution in [3.05, 3.63) is 17.0 Å². The summed E-state index contributed by atoms with van der Waals surface area (Å²) in [6.07, 6.45) is 1.55. The zero-order valence-electron chi connectivity index (χ0n) is 11.3. The van der Waals surface area contributed by atoms with Crippen molar-refractivity contribution in [2.75, 3.05) is 13.1 Å². The lowest BCUT2D eigenvalue weighted by Gasteiger charge is -2.35. The van der Waals surface area contributed by atoms with E-state index in [0.717, 1.165) is 13.0 Å². The van der Waals surface area contributed by atoms with Crippen molar-refractivity contribution in [2.45, 2.75) is 39.7 Å². The normalized spacial score (nSPS) is 24.3. The Morgan fingerprint density at radius 3 is 2.94 bits per heavy atom. The van der Waals surface area contributed by atoms with Gasteiger partial charge in [0.1, 0.15) is 11.3 Å². The summed E-state index contributed by atoms with van der Waals surface area (Å²) in [5, 5.41) is 3.89. The van der Waals surface area contributed by atoms with E-state index in [1.165, 1.54) is 0 Å². The Hall–Kier alpha value is -1.36. The van der Waals surface area contributed by atoms with Crippen LogP contribution >= 0.6 is 0 Å². The minimum Gasteiger partial charge on any atom is -0.360 e. The number of nitrogens with two attached hydrogens (primary N) is 1. The first-order chi connectivity index (χ1) is 8.54. The molecule has 0 spiro atoms. The zero-order valence-corrected chi connectivity index (χ0v) is 11.3. The van der Waals surface area contributed by atoms with Gasteiger partial charge in [0.2, 0.25) is 0 Å². The highest BCUT2D eigenvalue weighted by Gasteiger charge is 2.30. The molecule has 18 heavy (non-hydrogen) atoms. The summed E-state index contributed by atoms with van der Waals surface area (Å²) in [4.78, 5) is 14.4. The molecule has 1 fully saturated rings. The van der Waals surface area contributed by atoms with Crippen LogP contribution in [0.3, 0.4) is 0 Å². The second-order valence-corrected chi connectivity index (χ2v) is 5.10. The highest BCUT2D eigenvalue weighted by Crippen LogP contribution is 2.21. The molecule has 2 atom stereocenters. The number of rotatable bonds is 2. The van der Waals surface area contributed by atoms with Gasteiger partial charge in [0.25, 0.3) is 5.91 Å². The summed E-state index contributed by atoms with van der Waals surface area (Å²) in [7, 11) is 0. The molecule has 2 unspecified atom stereocenters. The second kappa shape index (κ2) is 5.10. The predicted molar refractivity (Wildman–Crippen MR) is 68.3 cm³/mol. The third-order valence-corrected chi connectivity index (χ3v) is 3.73. The number of carbonyl (C=O) groups is 1. The maximum absolute atomic E-state index is 12.5. The Bertz CT molecular complexity index is 441. The van der Waals surface area contributed by atoms with Gasteiger partial charge in [0.15, 0.2) is 0 Å². The molecule has 2 rings (SSSR count). The number of carbonyl (C=O) groups excluding carboxylic acids is 1. The third-order valence-electron chi connectivity index (χ3n) is 3.73. The lowest BCUT2D eigenvalue weighted by Crippen LogP contribution is -2.48. The molecule has 1 aromatic heterocycles. The fourth-order valence-electron chi connectivity index (χ4n) is 2.44. The Morgan fingerprint density at radius 2 is 2.33 bits per heavy atom. The molecule has 5 heteroatoms. The molecule has 1 aromatic rings. The molecular formula is C13H21N3O2. The number of amides is 1. The monoisotopic (exact) mass is 251 g/mol. The quantitative estimate of drug-likeness (QED) is 0.861. The van der Waals surface area contributed by atoms with Crippen LogP contribution in [0.1, 0.15) is 42.1 Å². The van der Waals surface area contributed by atoms with E-state index in [2.05, 4.69) is 12.1 Å². The molecule has 100 valence electrons. The molecule has 0 radical (unpaired) electrons. The molecule has 0 aliphatic carbocycles. The van der Waals surface area contributed by atoms with E-state index in [9.17, 15) is 4.79 Å². The van der Waals surface area contributed by atoms with Crippen molar-refractivity contribution in [3.63, 3.8) is 0 Å². The molecule has 2 heterocycles. The van der Waals surface area contributed by atoms with Crippen LogP contribution < -0.4 is 5.73 Å². The summed E-state index contributed by atoms with van der Waals surface area (Å²) in [6, 6.07) is 0.197. The predicted octanol–water partition coefficient (Wildman–Crippen LogP) is 1.35. The van der Waals surface area contributed by atoms with Gasteiger partial charge < -0.3 is 15.2 Å². The van der Waals surface area contributed by atoms with E-state index < -0.39 is 0 Å². The minimum atomic E-state index is 0.0318. The molecule has 0 saturated carbocycles. The Kier molecular flexibility index (Phi) is 3.71. The van der Waals surface area contributed by atoms with Crippen LogP contribution in [0.4, 0.5) is 0 Å². The first-order valence-electron chi connectivity index (χ1n) is 6.54. The first-order valence-corrected chi connectivity index (χ1v) is 6.54. The fraction of sp³-hybridized carbons (Fsp3) is 0.692. The molecule has 0 bridgehead atoms. The van der Waals surface area contributed by atoms with E-state index in [1.807, 2.05) is 18.7 Å². The average molecular weight is 251 g/mol. The maximum Gasteiger partial charge on any atom is 0.259 e. The molecule has 1 aliphatic heterocycles. The molecule has 5 nitrogen and oxygen atoms in total. The van der Waals surface area contributed by atoms with Gasteiger partial charge in [-0.25, -0.2) is 0 Å². The van der Waals surface area contributed by atoms with Gasteiger partial charge in [-0.3, -0.25) is 4.79 Å². The lowest BCUT2D eigenvalue weighted by atomic mass is 9.94. The topological polar surface area (TPSA) is 72.4 Å². The Labute approximate surface area is 107 Å². The van der Waals surface area contributed by atoms with Crippen molar-refractivity contribution in [1.82, 2.24) is 10.1 Å². The van der Waals surface area contributed by atoms with Crippen molar-refractivity contribution in [1.29, 1.82) is 0 Å². The highest BCUT2D eigenvalue weighted by molar-refractivity contribution is 5.96. The largest absolute Gasteiger partial charge is 0.360 e. The van der Waals surface area contributed by atoms with E-state index in [1.54, 1.807) is 0 Å². The van der Waals surface area contributed by atoms with Gasteiger partial charge in [0.05, 0.1) is 5.69 Å². The molecular weight excluding hydrogens is 230 g/mol. The van der Waals surface area contributed by atoms with Crippen molar-refractivity contribution in [3.8, 4) is 0 Å². The number of nitrogens with zero attached hydrogens (tertiary/aromatic N) is 2. The van der Waals surface area contributed by atoms with Gasteiger partial charge >= 0.3 is 0 Å².